The van der Waals surface area contributed by atoms with Crippen molar-refractivity contribution in [3.8, 4) is 5.75 Å². The van der Waals surface area contributed by atoms with Crippen molar-refractivity contribution in [2.24, 2.45) is 11.8 Å². The summed E-state index contributed by atoms with van der Waals surface area (Å²) in [6.07, 6.45) is 6.99. The van der Waals surface area contributed by atoms with Crippen molar-refractivity contribution in [1.82, 2.24) is 0 Å². The smallest absolute Gasteiger partial charge is 0.306 e. The average molecular weight is 435 g/mol. The number of hydrogen-bond acceptors (Lipinski definition) is 3. The van der Waals surface area contributed by atoms with Gasteiger partial charge >= 0.3 is 5.97 Å². The van der Waals surface area contributed by atoms with E-state index in [0.29, 0.717) is 19.2 Å². The minimum atomic E-state index is -1.12. The minimum absolute atomic E-state index is 0.0185. The predicted molar refractivity (Wildman–Crippen MR) is 113 cm³/mol. The first-order valence-corrected chi connectivity index (χ1v) is 10.7. The van der Waals surface area contributed by atoms with Crippen LogP contribution in [0.2, 0.25) is 0 Å². The highest BCUT2D eigenvalue weighted by atomic mass is 19.3. The summed E-state index contributed by atoms with van der Waals surface area (Å²) in [5.74, 6) is -1.98. The molecule has 31 heavy (non-hydrogen) atoms. The summed E-state index contributed by atoms with van der Waals surface area (Å²) in [6, 6.07) is 9.69. The highest BCUT2D eigenvalue weighted by Gasteiger charge is 2.28. The molecule has 1 N–H and O–H groups in total. The van der Waals surface area contributed by atoms with E-state index in [-0.39, 0.29) is 17.4 Å². The van der Waals surface area contributed by atoms with E-state index in [1.165, 1.54) is 30.9 Å². The topological polar surface area (TPSA) is 49.8 Å². The molecule has 1 heterocycles. The van der Waals surface area contributed by atoms with Crippen LogP contribution in [-0.4, -0.2) is 17.6 Å². The van der Waals surface area contributed by atoms with E-state index in [4.69, 9.17) is 5.11 Å². The Kier molecular flexibility index (Phi) is 7.82. The van der Waals surface area contributed by atoms with Crippen LogP contribution in [0, 0.1) is 23.5 Å². The maximum absolute atomic E-state index is 13.9. The van der Waals surface area contributed by atoms with Crippen molar-refractivity contribution in [3.05, 3.63) is 59.2 Å². The molecule has 0 spiro atoms. The van der Waals surface area contributed by atoms with Crippen molar-refractivity contribution >= 4 is 11.7 Å². The lowest BCUT2D eigenvalue weighted by molar-refractivity contribution is -0.138. The fourth-order valence-corrected chi connectivity index (χ4v) is 3.47. The summed E-state index contributed by atoms with van der Waals surface area (Å²) in [4.78, 5) is 15.0. The molecule has 5 rings (SSSR count). The van der Waals surface area contributed by atoms with Crippen LogP contribution in [0.5, 0.6) is 5.75 Å². The van der Waals surface area contributed by atoms with Gasteiger partial charge in [0.25, 0.3) is 0 Å². The van der Waals surface area contributed by atoms with Crippen LogP contribution >= 0.6 is 0 Å². The van der Waals surface area contributed by atoms with Gasteiger partial charge < -0.3 is 10.0 Å². The molecular formula is C24H28F3NO3. The van der Waals surface area contributed by atoms with Gasteiger partial charge in [-0.25, -0.2) is 8.78 Å². The fraction of sp³-hybridized carbons (Fsp3) is 0.458. The second-order valence-electron chi connectivity index (χ2n) is 8.40. The lowest BCUT2D eigenvalue weighted by Gasteiger charge is -2.31. The second kappa shape index (κ2) is 10.6. The van der Waals surface area contributed by atoms with Crippen molar-refractivity contribution in [3.63, 3.8) is 0 Å². The van der Waals surface area contributed by atoms with Crippen molar-refractivity contribution < 1.29 is 28.1 Å². The van der Waals surface area contributed by atoms with Crippen LogP contribution in [-0.2, 0) is 17.8 Å². The van der Waals surface area contributed by atoms with Gasteiger partial charge in [-0.05, 0) is 36.3 Å². The SMILES string of the molecule is CC1CCC1.FOc1cc(F)c(F)c(N2CCc3ccccc3C2)c1.O=C(O)C1CC1. The monoisotopic (exact) mass is 435 g/mol. The Balaban J connectivity index is 0.000000201. The molecule has 4 nitrogen and oxygen atoms in total. The molecule has 3 aliphatic rings. The Labute approximate surface area is 180 Å². The summed E-state index contributed by atoms with van der Waals surface area (Å²) >= 11 is 0. The molecule has 2 aliphatic carbocycles. The summed E-state index contributed by atoms with van der Waals surface area (Å²) in [5, 5.41) is 8.05. The first-order valence-electron chi connectivity index (χ1n) is 10.7. The van der Waals surface area contributed by atoms with Gasteiger partial charge in [0.15, 0.2) is 17.4 Å². The zero-order valence-corrected chi connectivity index (χ0v) is 17.6. The summed E-state index contributed by atoms with van der Waals surface area (Å²) in [5.41, 5.74) is 2.28. The number of carboxylic acid groups (broad SMARTS) is 1. The van der Waals surface area contributed by atoms with E-state index in [0.717, 1.165) is 30.7 Å². The Hall–Kier alpha value is -2.70. The molecular weight excluding hydrogens is 407 g/mol. The van der Waals surface area contributed by atoms with Gasteiger partial charge in [-0.2, -0.15) is 0 Å². The maximum atomic E-state index is 13.9. The Morgan fingerprint density at radius 1 is 1.10 bits per heavy atom. The lowest BCUT2D eigenvalue weighted by Crippen LogP contribution is -2.31. The van der Waals surface area contributed by atoms with E-state index < -0.39 is 17.6 Å². The molecule has 2 aromatic carbocycles. The molecule has 1 aliphatic heterocycles. The normalized spacial score (nSPS) is 17.2. The molecule has 2 saturated carbocycles. The molecule has 2 aromatic rings. The van der Waals surface area contributed by atoms with E-state index in [2.05, 4.69) is 11.9 Å². The number of halogens is 3. The zero-order chi connectivity index (χ0) is 22.4. The number of rotatable bonds is 3. The standard InChI is InChI=1S/C15H12F3NO.C5H10.C4H6O2/c16-13-7-12(20-18)8-14(15(13)17)19-6-5-10-3-1-2-4-11(10)9-19;1-5-3-2-4-5;5-4(6)3-1-2-3/h1-4,7-8H,5-6,9H2;5H,2-4H2,1H3;3H,1-2H2,(H,5,6). The third kappa shape index (κ3) is 6.39. The van der Waals surface area contributed by atoms with Crippen LogP contribution in [0.3, 0.4) is 0 Å². The molecule has 168 valence electrons. The molecule has 0 atom stereocenters. The number of benzene rings is 2. The summed E-state index contributed by atoms with van der Waals surface area (Å²) in [6.45, 7) is 3.31. The number of nitrogens with zero attached hydrogens (tertiary/aromatic N) is 1. The first-order chi connectivity index (χ1) is 14.9. The van der Waals surface area contributed by atoms with Crippen molar-refractivity contribution in [1.29, 1.82) is 0 Å². The number of aliphatic carboxylic acids is 1. The third-order valence-corrected chi connectivity index (χ3v) is 5.86. The predicted octanol–water partition coefficient (Wildman–Crippen LogP) is 6.08. The van der Waals surface area contributed by atoms with Crippen molar-refractivity contribution in [2.75, 3.05) is 11.4 Å². The van der Waals surface area contributed by atoms with Gasteiger partial charge in [-0.3, -0.25) is 9.74 Å². The quantitative estimate of drug-likeness (QED) is 0.635. The highest BCUT2D eigenvalue weighted by Crippen LogP contribution is 2.31. The average Bonchev–Trinajstić information content (AvgIpc) is 3.60. The Morgan fingerprint density at radius 2 is 1.74 bits per heavy atom. The van der Waals surface area contributed by atoms with E-state index in [9.17, 15) is 18.1 Å². The fourth-order valence-electron chi connectivity index (χ4n) is 3.47. The van der Waals surface area contributed by atoms with Gasteiger partial charge in [0.2, 0.25) is 0 Å². The second-order valence-corrected chi connectivity index (χ2v) is 8.40. The molecule has 2 fully saturated rings. The zero-order valence-electron chi connectivity index (χ0n) is 17.6. The van der Waals surface area contributed by atoms with Crippen LogP contribution < -0.4 is 9.84 Å². The third-order valence-electron chi connectivity index (χ3n) is 5.86. The molecule has 0 bridgehead atoms. The van der Waals surface area contributed by atoms with Crippen LogP contribution in [0.4, 0.5) is 19.0 Å². The summed E-state index contributed by atoms with van der Waals surface area (Å²) in [7, 11) is 0. The number of carboxylic acids is 1. The number of fused-ring (bicyclic) bond motifs is 1. The van der Waals surface area contributed by atoms with Gasteiger partial charge in [0.1, 0.15) is 0 Å². The molecule has 0 aromatic heterocycles. The Bertz CT molecular complexity index is 898. The first kappa shape index (κ1) is 23.0. The minimum Gasteiger partial charge on any atom is -0.481 e. The molecule has 0 amide bonds. The lowest BCUT2D eigenvalue weighted by atomic mass is 9.88. The van der Waals surface area contributed by atoms with E-state index in [1.54, 1.807) is 4.90 Å². The number of carbonyl (C=O) groups is 1. The van der Waals surface area contributed by atoms with Crippen LogP contribution in [0.15, 0.2) is 36.4 Å². The number of hydrogen-bond donors (Lipinski definition) is 1. The van der Waals surface area contributed by atoms with E-state index >= 15 is 0 Å². The number of anilines is 1. The van der Waals surface area contributed by atoms with Crippen LogP contribution in [0.1, 0.15) is 50.2 Å². The molecule has 0 saturated heterocycles. The van der Waals surface area contributed by atoms with Crippen LogP contribution in [0.25, 0.3) is 0 Å². The Morgan fingerprint density at radius 3 is 2.23 bits per heavy atom. The van der Waals surface area contributed by atoms with Gasteiger partial charge in [-0.15, -0.1) is 0 Å². The summed E-state index contributed by atoms with van der Waals surface area (Å²) < 4.78 is 39.5. The highest BCUT2D eigenvalue weighted by molar-refractivity contribution is 5.72. The molecule has 0 radical (unpaired) electrons. The van der Waals surface area contributed by atoms with Crippen molar-refractivity contribution in [2.45, 2.75) is 52.0 Å². The maximum Gasteiger partial charge on any atom is 0.306 e. The van der Waals surface area contributed by atoms with Gasteiger partial charge in [0, 0.05) is 29.7 Å². The molecule has 7 heteroatoms. The van der Waals surface area contributed by atoms with Gasteiger partial charge in [0.05, 0.1) is 11.6 Å². The van der Waals surface area contributed by atoms with Gasteiger partial charge in [-0.1, -0.05) is 50.5 Å². The largest absolute Gasteiger partial charge is 0.481 e. The van der Waals surface area contributed by atoms with E-state index in [1.807, 2.05) is 24.3 Å². The molecule has 0 unspecified atom stereocenters.